The summed E-state index contributed by atoms with van der Waals surface area (Å²) in [6.07, 6.45) is 0.0341. The minimum absolute atomic E-state index is 0.0153. The van der Waals surface area contributed by atoms with Gasteiger partial charge >= 0.3 is 6.03 Å². The Labute approximate surface area is 129 Å². The number of rotatable bonds is 7. The van der Waals surface area contributed by atoms with Crippen LogP contribution in [0.4, 0.5) is 4.79 Å². The van der Waals surface area contributed by atoms with E-state index in [4.69, 9.17) is 0 Å². The molecule has 0 bridgehead atoms. The van der Waals surface area contributed by atoms with Gasteiger partial charge in [-0.05, 0) is 24.1 Å². The molecule has 22 heavy (non-hydrogen) atoms. The third-order valence-corrected chi connectivity index (χ3v) is 3.06. The van der Waals surface area contributed by atoms with Crippen LogP contribution in [0.3, 0.4) is 0 Å². The van der Waals surface area contributed by atoms with Crippen molar-refractivity contribution in [3.05, 3.63) is 29.8 Å². The Morgan fingerprint density at radius 3 is 2.64 bits per heavy atom. The molecule has 0 radical (unpaired) electrons. The molecule has 1 aromatic rings. The minimum atomic E-state index is -0.895. The second-order valence-electron chi connectivity index (χ2n) is 5.14. The Morgan fingerprint density at radius 1 is 1.27 bits per heavy atom. The predicted molar refractivity (Wildman–Crippen MR) is 82.4 cm³/mol. The van der Waals surface area contributed by atoms with E-state index in [2.05, 4.69) is 10.6 Å². The Bertz CT molecular complexity index is 505. The lowest BCUT2D eigenvalue weighted by Crippen LogP contribution is -2.38. The number of nitrogens with zero attached hydrogens (tertiary/aromatic N) is 1. The van der Waals surface area contributed by atoms with Gasteiger partial charge in [-0.3, -0.25) is 4.79 Å². The Kier molecular flexibility index (Phi) is 7.18. The zero-order valence-electron chi connectivity index (χ0n) is 12.9. The number of carbonyl (C=O) groups excluding carboxylic acids is 2. The SMILES string of the molecule is CN(C)C(=O)CCCNC(=O)NCC(O)c1cccc(O)c1. The van der Waals surface area contributed by atoms with Gasteiger partial charge in [0.15, 0.2) is 0 Å². The Balaban J connectivity index is 2.21. The van der Waals surface area contributed by atoms with Gasteiger partial charge in [0.2, 0.25) is 5.91 Å². The standard InChI is InChI=1S/C15H23N3O4/c1-18(2)14(21)7-4-8-16-15(22)17-10-13(20)11-5-3-6-12(19)9-11/h3,5-6,9,13,19-20H,4,7-8,10H2,1-2H3,(H2,16,17,22). The van der Waals surface area contributed by atoms with E-state index in [9.17, 15) is 19.8 Å². The first kappa shape index (κ1) is 17.8. The maximum absolute atomic E-state index is 11.5. The van der Waals surface area contributed by atoms with Crippen LogP contribution in [0.2, 0.25) is 0 Å². The number of hydrogen-bond acceptors (Lipinski definition) is 4. The summed E-state index contributed by atoms with van der Waals surface area (Å²) >= 11 is 0. The molecule has 0 aromatic heterocycles. The van der Waals surface area contributed by atoms with Crippen LogP contribution in [-0.4, -0.2) is 54.2 Å². The molecule has 0 saturated heterocycles. The van der Waals surface area contributed by atoms with E-state index >= 15 is 0 Å². The van der Waals surface area contributed by atoms with Gasteiger partial charge in [0, 0.05) is 33.6 Å². The lowest BCUT2D eigenvalue weighted by Gasteiger charge is -2.13. The van der Waals surface area contributed by atoms with Gasteiger partial charge in [0.25, 0.3) is 0 Å². The van der Waals surface area contributed by atoms with Crippen LogP contribution in [0.5, 0.6) is 5.75 Å². The van der Waals surface area contributed by atoms with Gasteiger partial charge in [0.1, 0.15) is 5.75 Å². The van der Waals surface area contributed by atoms with Crippen LogP contribution in [0.1, 0.15) is 24.5 Å². The molecule has 7 heteroatoms. The second kappa shape index (κ2) is 8.89. The first-order valence-electron chi connectivity index (χ1n) is 7.09. The molecule has 0 aliphatic heterocycles. The van der Waals surface area contributed by atoms with Crippen LogP contribution >= 0.6 is 0 Å². The fourth-order valence-corrected chi connectivity index (χ4v) is 1.77. The van der Waals surface area contributed by atoms with E-state index in [1.54, 1.807) is 26.2 Å². The van der Waals surface area contributed by atoms with Crippen molar-refractivity contribution in [1.82, 2.24) is 15.5 Å². The van der Waals surface area contributed by atoms with Gasteiger partial charge in [-0.2, -0.15) is 0 Å². The smallest absolute Gasteiger partial charge is 0.314 e. The van der Waals surface area contributed by atoms with Gasteiger partial charge in [-0.25, -0.2) is 4.79 Å². The molecule has 7 nitrogen and oxygen atoms in total. The summed E-state index contributed by atoms with van der Waals surface area (Å²) < 4.78 is 0. The van der Waals surface area contributed by atoms with Crippen LogP contribution in [0, 0.1) is 0 Å². The van der Waals surface area contributed by atoms with Crippen molar-refractivity contribution >= 4 is 11.9 Å². The van der Waals surface area contributed by atoms with Crippen LogP contribution in [0.25, 0.3) is 0 Å². The number of phenolic OH excluding ortho intramolecular Hbond substituents is 1. The minimum Gasteiger partial charge on any atom is -0.508 e. The largest absolute Gasteiger partial charge is 0.508 e. The third kappa shape index (κ3) is 6.45. The number of aliphatic hydroxyl groups is 1. The fraction of sp³-hybridized carbons (Fsp3) is 0.467. The molecule has 0 spiro atoms. The van der Waals surface area contributed by atoms with Crippen molar-refractivity contribution in [3.63, 3.8) is 0 Å². The van der Waals surface area contributed by atoms with Crippen LogP contribution < -0.4 is 10.6 Å². The third-order valence-electron chi connectivity index (χ3n) is 3.06. The zero-order chi connectivity index (χ0) is 16.5. The van der Waals surface area contributed by atoms with Crippen molar-refractivity contribution in [2.75, 3.05) is 27.2 Å². The number of carbonyl (C=O) groups is 2. The summed E-state index contributed by atoms with van der Waals surface area (Å²) in [5, 5.41) is 24.4. The molecule has 0 aliphatic rings. The highest BCUT2D eigenvalue weighted by atomic mass is 16.3. The molecule has 3 amide bonds. The highest BCUT2D eigenvalue weighted by Crippen LogP contribution is 2.17. The zero-order valence-corrected chi connectivity index (χ0v) is 12.9. The number of hydrogen-bond donors (Lipinski definition) is 4. The van der Waals surface area contributed by atoms with E-state index in [0.29, 0.717) is 24.9 Å². The Hall–Kier alpha value is -2.28. The molecule has 122 valence electrons. The number of nitrogens with one attached hydrogen (secondary N) is 2. The van der Waals surface area contributed by atoms with Gasteiger partial charge in [-0.1, -0.05) is 12.1 Å². The summed E-state index contributed by atoms with van der Waals surface area (Å²) in [5.74, 6) is 0.0769. The van der Waals surface area contributed by atoms with E-state index in [0.717, 1.165) is 0 Å². The van der Waals surface area contributed by atoms with Gasteiger partial charge < -0.3 is 25.7 Å². The number of aromatic hydroxyl groups is 1. The van der Waals surface area contributed by atoms with Crippen molar-refractivity contribution in [3.8, 4) is 5.75 Å². The van der Waals surface area contributed by atoms with E-state index in [1.807, 2.05) is 0 Å². The Morgan fingerprint density at radius 2 is 2.00 bits per heavy atom. The number of aliphatic hydroxyl groups excluding tert-OH is 1. The van der Waals surface area contributed by atoms with Gasteiger partial charge in [-0.15, -0.1) is 0 Å². The van der Waals surface area contributed by atoms with Crippen molar-refractivity contribution < 1.29 is 19.8 Å². The lowest BCUT2D eigenvalue weighted by atomic mass is 10.1. The topological polar surface area (TPSA) is 102 Å². The highest BCUT2D eigenvalue weighted by Gasteiger charge is 2.10. The van der Waals surface area contributed by atoms with E-state index in [-0.39, 0.29) is 18.2 Å². The average Bonchev–Trinajstić information content (AvgIpc) is 2.48. The molecule has 0 saturated carbocycles. The van der Waals surface area contributed by atoms with Crippen molar-refractivity contribution in [2.45, 2.75) is 18.9 Å². The van der Waals surface area contributed by atoms with Crippen LogP contribution in [-0.2, 0) is 4.79 Å². The lowest BCUT2D eigenvalue weighted by molar-refractivity contribution is -0.128. The molecule has 1 atom stereocenters. The van der Waals surface area contributed by atoms with Gasteiger partial charge in [0.05, 0.1) is 6.10 Å². The summed E-state index contributed by atoms with van der Waals surface area (Å²) in [6.45, 7) is 0.416. The molecule has 1 unspecified atom stereocenters. The number of phenols is 1. The molecule has 4 N–H and O–H groups in total. The predicted octanol–water partition coefficient (Wildman–Crippen LogP) is 0.593. The summed E-state index contributed by atoms with van der Waals surface area (Å²) in [6, 6.07) is 5.83. The molecule has 0 heterocycles. The summed E-state index contributed by atoms with van der Waals surface area (Å²) in [5.41, 5.74) is 0.525. The molecular formula is C15H23N3O4. The molecule has 1 aromatic carbocycles. The quantitative estimate of drug-likeness (QED) is 0.554. The first-order chi connectivity index (χ1) is 10.4. The molecular weight excluding hydrogens is 286 g/mol. The number of urea groups is 1. The molecule has 1 rings (SSSR count). The second-order valence-corrected chi connectivity index (χ2v) is 5.14. The monoisotopic (exact) mass is 309 g/mol. The van der Waals surface area contributed by atoms with Crippen LogP contribution in [0.15, 0.2) is 24.3 Å². The van der Waals surface area contributed by atoms with Crippen molar-refractivity contribution in [2.24, 2.45) is 0 Å². The summed E-state index contributed by atoms with van der Waals surface area (Å²) in [4.78, 5) is 24.4. The fourth-order valence-electron chi connectivity index (χ4n) is 1.77. The van der Waals surface area contributed by atoms with E-state index < -0.39 is 12.1 Å². The van der Waals surface area contributed by atoms with E-state index in [1.165, 1.54) is 17.0 Å². The van der Waals surface area contributed by atoms with Crippen molar-refractivity contribution in [1.29, 1.82) is 0 Å². The molecule has 0 fully saturated rings. The number of benzene rings is 1. The normalized spacial score (nSPS) is 11.6. The maximum atomic E-state index is 11.5. The number of amides is 3. The average molecular weight is 309 g/mol. The maximum Gasteiger partial charge on any atom is 0.314 e. The molecule has 0 aliphatic carbocycles. The first-order valence-corrected chi connectivity index (χ1v) is 7.09. The highest BCUT2D eigenvalue weighted by molar-refractivity contribution is 5.76. The summed E-state index contributed by atoms with van der Waals surface area (Å²) in [7, 11) is 3.37.